The molecular weight excluding hydrogens is 280 g/mol. The van der Waals surface area contributed by atoms with Crippen LogP contribution in [0.5, 0.6) is 0 Å². The molecule has 6 nitrogen and oxygen atoms in total. The van der Waals surface area contributed by atoms with Gasteiger partial charge < -0.3 is 9.63 Å². The molecule has 0 aliphatic carbocycles. The first kappa shape index (κ1) is 14.5. The number of hydrogen-bond donors (Lipinski definition) is 2. The van der Waals surface area contributed by atoms with E-state index in [2.05, 4.69) is 9.88 Å². The molecule has 0 aliphatic rings. The monoisotopic (exact) mass is 296 g/mol. The fourth-order valence-corrected chi connectivity index (χ4v) is 2.86. The summed E-state index contributed by atoms with van der Waals surface area (Å²) in [5.41, 5.74) is 1.79. The average Bonchev–Trinajstić information content (AvgIpc) is 2.76. The number of hydrogen-bond acceptors (Lipinski definition) is 5. The van der Waals surface area contributed by atoms with Gasteiger partial charge in [-0.2, -0.15) is 0 Å². The minimum Gasteiger partial charge on any atom is -0.396 e. The molecule has 2 rings (SSSR count). The molecule has 0 fully saturated rings. The molecule has 0 radical (unpaired) electrons. The highest BCUT2D eigenvalue weighted by molar-refractivity contribution is 7.91. The van der Waals surface area contributed by atoms with Crippen LogP contribution < -0.4 is 4.72 Å². The number of aryl methyl sites for hydroxylation is 1. The fraction of sp³-hybridized carbons (Fsp3) is 0.308. The zero-order valence-corrected chi connectivity index (χ0v) is 11.9. The first-order valence-corrected chi connectivity index (χ1v) is 7.76. The molecule has 0 bridgehead atoms. The average molecular weight is 296 g/mol. The van der Waals surface area contributed by atoms with Gasteiger partial charge >= 0.3 is 0 Å². The second-order valence-corrected chi connectivity index (χ2v) is 6.18. The molecule has 0 atom stereocenters. The largest absolute Gasteiger partial charge is 0.396 e. The molecule has 0 saturated heterocycles. The van der Waals surface area contributed by atoms with Crippen LogP contribution in [0.2, 0.25) is 0 Å². The molecule has 0 aliphatic heterocycles. The zero-order valence-electron chi connectivity index (χ0n) is 11.0. The van der Waals surface area contributed by atoms with Crippen molar-refractivity contribution in [1.82, 2.24) is 5.16 Å². The molecule has 108 valence electrons. The van der Waals surface area contributed by atoms with E-state index < -0.39 is 10.0 Å². The molecule has 7 heteroatoms. The molecule has 1 aromatic carbocycles. The minimum absolute atomic E-state index is 0.0661. The SMILES string of the molecule is Cc1cc(CS(=O)(=O)Nc2ccc(CCO)cc2)no1. The summed E-state index contributed by atoms with van der Waals surface area (Å²) in [4.78, 5) is 0. The number of nitrogens with zero attached hydrogens (tertiary/aromatic N) is 1. The number of benzene rings is 1. The molecule has 0 amide bonds. The summed E-state index contributed by atoms with van der Waals surface area (Å²) in [7, 11) is -3.52. The van der Waals surface area contributed by atoms with Crippen LogP contribution in [0.4, 0.5) is 5.69 Å². The van der Waals surface area contributed by atoms with Crippen LogP contribution in [0.1, 0.15) is 17.0 Å². The lowest BCUT2D eigenvalue weighted by molar-refractivity contribution is 0.299. The van der Waals surface area contributed by atoms with Crippen molar-refractivity contribution in [2.75, 3.05) is 11.3 Å². The van der Waals surface area contributed by atoms with Crippen molar-refractivity contribution in [1.29, 1.82) is 0 Å². The smallest absolute Gasteiger partial charge is 0.238 e. The van der Waals surface area contributed by atoms with E-state index in [9.17, 15) is 8.42 Å². The maximum absolute atomic E-state index is 12.0. The molecule has 0 saturated carbocycles. The topological polar surface area (TPSA) is 92.4 Å². The van der Waals surface area contributed by atoms with Gasteiger partial charge in [0.05, 0.1) is 0 Å². The Balaban J connectivity index is 2.04. The van der Waals surface area contributed by atoms with Crippen LogP contribution in [0.3, 0.4) is 0 Å². The molecule has 0 unspecified atom stereocenters. The summed E-state index contributed by atoms with van der Waals surface area (Å²) < 4.78 is 31.2. The molecular formula is C13H16N2O4S. The van der Waals surface area contributed by atoms with Crippen molar-refractivity contribution in [2.45, 2.75) is 19.1 Å². The molecule has 20 heavy (non-hydrogen) atoms. The van der Waals surface area contributed by atoms with E-state index in [1.54, 1.807) is 37.3 Å². The van der Waals surface area contributed by atoms with Crippen molar-refractivity contribution in [3.63, 3.8) is 0 Å². The lowest BCUT2D eigenvalue weighted by atomic mass is 10.1. The highest BCUT2D eigenvalue weighted by Crippen LogP contribution is 2.14. The van der Waals surface area contributed by atoms with Gasteiger partial charge in [0, 0.05) is 18.4 Å². The summed E-state index contributed by atoms with van der Waals surface area (Å²) in [6.45, 7) is 1.77. The standard InChI is InChI=1S/C13H16N2O4S/c1-10-8-13(14-19-10)9-20(17,18)15-12-4-2-11(3-5-12)6-7-16/h2-5,8,15-16H,6-7,9H2,1H3. The number of aliphatic hydroxyl groups excluding tert-OH is 1. The number of aliphatic hydroxyl groups is 1. The maximum Gasteiger partial charge on any atom is 0.238 e. The van der Waals surface area contributed by atoms with Gasteiger partial charge in [-0.1, -0.05) is 17.3 Å². The summed E-state index contributed by atoms with van der Waals surface area (Å²) in [6.07, 6.45) is 0.547. The third kappa shape index (κ3) is 4.07. The van der Waals surface area contributed by atoms with Crippen LogP contribution in [0, 0.1) is 6.92 Å². The predicted molar refractivity (Wildman–Crippen MR) is 74.7 cm³/mol. The third-order valence-electron chi connectivity index (χ3n) is 2.64. The minimum atomic E-state index is -3.52. The van der Waals surface area contributed by atoms with Crippen molar-refractivity contribution in [2.24, 2.45) is 0 Å². The van der Waals surface area contributed by atoms with Crippen LogP contribution in [0.25, 0.3) is 0 Å². The van der Waals surface area contributed by atoms with Gasteiger partial charge in [-0.3, -0.25) is 4.72 Å². The van der Waals surface area contributed by atoms with Crippen LogP contribution >= 0.6 is 0 Å². The van der Waals surface area contributed by atoms with E-state index in [0.29, 0.717) is 23.6 Å². The zero-order chi connectivity index (χ0) is 14.6. The van der Waals surface area contributed by atoms with Crippen molar-refractivity contribution >= 4 is 15.7 Å². The van der Waals surface area contributed by atoms with Gasteiger partial charge in [-0.05, 0) is 31.0 Å². The number of nitrogens with one attached hydrogen (secondary N) is 1. The van der Waals surface area contributed by atoms with E-state index in [4.69, 9.17) is 9.63 Å². The van der Waals surface area contributed by atoms with E-state index in [1.165, 1.54) is 0 Å². The Hall–Kier alpha value is -1.86. The molecule has 1 heterocycles. The molecule has 1 aromatic heterocycles. The maximum atomic E-state index is 12.0. The van der Waals surface area contributed by atoms with E-state index in [1.807, 2.05) is 0 Å². The summed E-state index contributed by atoms with van der Waals surface area (Å²) in [5, 5.41) is 12.5. The van der Waals surface area contributed by atoms with Gasteiger partial charge in [0.25, 0.3) is 0 Å². The summed E-state index contributed by atoms with van der Waals surface area (Å²) >= 11 is 0. The second-order valence-electron chi connectivity index (χ2n) is 4.46. The molecule has 0 spiro atoms. The number of aromatic nitrogens is 1. The lowest BCUT2D eigenvalue weighted by Crippen LogP contribution is -2.15. The van der Waals surface area contributed by atoms with E-state index in [-0.39, 0.29) is 12.4 Å². The first-order chi connectivity index (χ1) is 9.48. The van der Waals surface area contributed by atoms with E-state index >= 15 is 0 Å². The van der Waals surface area contributed by atoms with Crippen LogP contribution in [-0.2, 0) is 22.2 Å². The quantitative estimate of drug-likeness (QED) is 0.842. The molecule has 2 N–H and O–H groups in total. The Labute approximate surface area is 117 Å². The molecule has 2 aromatic rings. The second kappa shape index (κ2) is 6.06. The number of sulfonamides is 1. The fourth-order valence-electron chi connectivity index (χ4n) is 1.76. The van der Waals surface area contributed by atoms with Crippen molar-refractivity contribution < 1.29 is 18.0 Å². The van der Waals surface area contributed by atoms with Gasteiger partial charge in [-0.15, -0.1) is 0 Å². The van der Waals surface area contributed by atoms with Gasteiger partial charge in [0.15, 0.2) is 0 Å². The normalized spacial score (nSPS) is 11.5. The Morgan fingerprint density at radius 1 is 1.30 bits per heavy atom. The Bertz CT molecular complexity index is 662. The van der Waals surface area contributed by atoms with Gasteiger partial charge in [0.1, 0.15) is 17.2 Å². The number of anilines is 1. The summed E-state index contributed by atoms with van der Waals surface area (Å²) in [6, 6.07) is 8.46. The Morgan fingerprint density at radius 3 is 2.55 bits per heavy atom. The Morgan fingerprint density at radius 2 is 2.00 bits per heavy atom. The number of rotatable bonds is 6. The summed E-state index contributed by atoms with van der Waals surface area (Å²) in [5.74, 6) is 0.339. The van der Waals surface area contributed by atoms with Crippen molar-refractivity contribution in [3.05, 3.63) is 47.3 Å². The predicted octanol–water partition coefficient (Wildman–Crippen LogP) is 1.46. The highest BCUT2D eigenvalue weighted by Gasteiger charge is 2.14. The first-order valence-electron chi connectivity index (χ1n) is 6.11. The Kier molecular flexibility index (Phi) is 4.41. The third-order valence-corrected chi connectivity index (χ3v) is 3.86. The van der Waals surface area contributed by atoms with Crippen LogP contribution in [0.15, 0.2) is 34.9 Å². The van der Waals surface area contributed by atoms with Gasteiger partial charge in [-0.25, -0.2) is 8.42 Å². The van der Waals surface area contributed by atoms with Crippen molar-refractivity contribution in [3.8, 4) is 0 Å². The van der Waals surface area contributed by atoms with Gasteiger partial charge in [0.2, 0.25) is 10.0 Å². The highest BCUT2D eigenvalue weighted by atomic mass is 32.2. The van der Waals surface area contributed by atoms with Crippen LogP contribution in [-0.4, -0.2) is 25.3 Å². The lowest BCUT2D eigenvalue weighted by Gasteiger charge is -2.07. The van der Waals surface area contributed by atoms with E-state index in [0.717, 1.165) is 5.56 Å².